The molecule has 96 valence electrons. The van der Waals surface area contributed by atoms with Gasteiger partial charge in [0.05, 0.1) is 12.7 Å². The second-order valence-electron chi connectivity index (χ2n) is 5.54. The van der Waals surface area contributed by atoms with Crippen LogP contribution in [0.3, 0.4) is 0 Å². The van der Waals surface area contributed by atoms with Crippen LogP contribution in [0.5, 0.6) is 0 Å². The Morgan fingerprint density at radius 3 is 2.81 bits per heavy atom. The van der Waals surface area contributed by atoms with Crippen LogP contribution in [-0.2, 0) is 9.47 Å². The van der Waals surface area contributed by atoms with E-state index in [9.17, 15) is 0 Å². The van der Waals surface area contributed by atoms with E-state index < -0.39 is 0 Å². The van der Waals surface area contributed by atoms with Crippen molar-refractivity contribution in [3.8, 4) is 0 Å². The highest BCUT2D eigenvalue weighted by Gasteiger charge is 2.16. The maximum Gasteiger partial charge on any atom is 0.0808 e. The Kier molecular flexibility index (Phi) is 6.32. The Morgan fingerprint density at radius 2 is 2.19 bits per heavy atom. The normalized spacial score (nSPS) is 22.3. The third kappa shape index (κ3) is 5.83. The van der Waals surface area contributed by atoms with Crippen molar-refractivity contribution in [3.05, 3.63) is 0 Å². The average Bonchev–Trinajstić information content (AvgIpc) is 2.30. The molecule has 1 fully saturated rings. The van der Waals surface area contributed by atoms with E-state index in [-0.39, 0.29) is 5.41 Å². The van der Waals surface area contributed by atoms with Crippen molar-refractivity contribution in [2.75, 3.05) is 26.4 Å². The van der Waals surface area contributed by atoms with E-state index in [0.717, 1.165) is 45.6 Å². The summed E-state index contributed by atoms with van der Waals surface area (Å²) in [5.41, 5.74) is 5.93. The molecule has 1 atom stereocenters. The third-order valence-electron chi connectivity index (χ3n) is 3.27. The molecular formula is C13H27NO2. The predicted molar refractivity (Wildman–Crippen MR) is 66.5 cm³/mol. The van der Waals surface area contributed by atoms with Crippen molar-refractivity contribution in [1.82, 2.24) is 0 Å². The highest BCUT2D eigenvalue weighted by molar-refractivity contribution is 4.69. The molecule has 3 nitrogen and oxygen atoms in total. The molecule has 16 heavy (non-hydrogen) atoms. The maximum absolute atomic E-state index is 5.68. The van der Waals surface area contributed by atoms with Gasteiger partial charge in [-0.3, -0.25) is 0 Å². The first kappa shape index (κ1) is 13.9. The smallest absolute Gasteiger partial charge is 0.0808 e. The zero-order chi connectivity index (χ0) is 11.9. The lowest BCUT2D eigenvalue weighted by molar-refractivity contribution is -0.0418. The molecule has 0 saturated carbocycles. The summed E-state index contributed by atoms with van der Waals surface area (Å²) in [5, 5.41) is 0. The zero-order valence-electron chi connectivity index (χ0n) is 10.8. The molecule has 0 aromatic carbocycles. The minimum atomic E-state index is 0.255. The molecule has 0 aliphatic carbocycles. The Balaban J connectivity index is 1.95. The number of ether oxygens (including phenoxy) is 2. The molecule has 0 aromatic heterocycles. The topological polar surface area (TPSA) is 44.5 Å². The second kappa shape index (κ2) is 7.25. The zero-order valence-corrected chi connectivity index (χ0v) is 10.8. The van der Waals surface area contributed by atoms with Gasteiger partial charge < -0.3 is 15.2 Å². The quantitative estimate of drug-likeness (QED) is 0.681. The van der Waals surface area contributed by atoms with Crippen LogP contribution >= 0.6 is 0 Å². The number of nitrogens with two attached hydrogens (primary N) is 1. The number of rotatable bonds is 7. The van der Waals surface area contributed by atoms with Crippen molar-refractivity contribution in [1.29, 1.82) is 0 Å². The van der Waals surface area contributed by atoms with E-state index in [1.807, 2.05) is 0 Å². The van der Waals surface area contributed by atoms with Gasteiger partial charge in [0.1, 0.15) is 0 Å². The first-order chi connectivity index (χ1) is 7.64. The van der Waals surface area contributed by atoms with E-state index in [0.29, 0.717) is 6.10 Å². The number of hydrogen-bond acceptors (Lipinski definition) is 3. The molecule has 1 aliphatic rings. The monoisotopic (exact) mass is 229 g/mol. The van der Waals surface area contributed by atoms with Crippen LogP contribution in [-0.4, -0.2) is 32.5 Å². The fourth-order valence-corrected chi connectivity index (χ4v) is 1.91. The van der Waals surface area contributed by atoms with Gasteiger partial charge in [0.15, 0.2) is 0 Å². The fourth-order valence-electron chi connectivity index (χ4n) is 1.91. The lowest BCUT2D eigenvalue weighted by atomic mass is 9.88. The van der Waals surface area contributed by atoms with Gasteiger partial charge >= 0.3 is 0 Å². The SMILES string of the molecule is CC(C)(CN)CCCOCC1CCCCO1. The molecular weight excluding hydrogens is 202 g/mol. The summed E-state index contributed by atoms with van der Waals surface area (Å²) < 4.78 is 11.2. The molecule has 3 heteroatoms. The van der Waals surface area contributed by atoms with Gasteiger partial charge in [-0.15, -0.1) is 0 Å². The largest absolute Gasteiger partial charge is 0.379 e. The molecule has 1 rings (SSSR count). The number of hydrogen-bond donors (Lipinski definition) is 1. The molecule has 1 heterocycles. The van der Waals surface area contributed by atoms with Crippen molar-refractivity contribution in [2.45, 2.75) is 52.1 Å². The van der Waals surface area contributed by atoms with Gasteiger partial charge in [-0.25, -0.2) is 0 Å². The summed E-state index contributed by atoms with van der Waals surface area (Å²) in [6.45, 7) is 7.67. The van der Waals surface area contributed by atoms with Crippen LogP contribution in [0.25, 0.3) is 0 Å². The molecule has 0 spiro atoms. The van der Waals surface area contributed by atoms with E-state index >= 15 is 0 Å². The minimum Gasteiger partial charge on any atom is -0.379 e. The van der Waals surface area contributed by atoms with Gasteiger partial charge in [-0.2, -0.15) is 0 Å². The molecule has 1 unspecified atom stereocenters. The van der Waals surface area contributed by atoms with Crippen molar-refractivity contribution < 1.29 is 9.47 Å². The highest BCUT2D eigenvalue weighted by Crippen LogP contribution is 2.20. The van der Waals surface area contributed by atoms with E-state index in [2.05, 4.69) is 13.8 Å². The van der Waals surface area contributed by atoms with Crippen LogP contribution in [0, 0.1) is 5.41 Å². The van der Waals surface area contributed by atoms with Crippen LogP contribution in [0.1, 0.15) is 46.0 Å². The van der Waals surface area contributed by atoms with Crippen molar-refractivity contribution >= 4 is 0 Å². The summed E-state index contributed by atoms with van der Waals surface area (Å²) >= 11 is 0. The van der Waals surface area contributed by atoms with Gasteiger partial charge in [0, 0.05) is 13.2 Å². The molecule has 2 N–H and O–H groups in total. The lowest BCUT2D eigenvalue weighted by Crippen LogP contribution is -2.26. The van der Waals surface area contributed by atoms with Crippen LogP contribution in [0.4, 0.5) is 0 Å². The van der Waals surface area contributed by atoms with Crippen molar-refractivity contribution in [2.24, 2.45) is 11.1 Å². The summed E-state index contributed by atoms with van der Waals surface area (Å²) in [5.74, 6) is 0. The molecule has 0 aromatic rings. The molecule has 1 saturated heterocycles. The Bertz CT molecular complexity index is 177. The summed E-state index contributed by atoms with van der Waals surface area (Å²) in [7, 11) is 0. The third-order valence-corrected chi connectivity index (χ3v) is 3.27. The van der Waals surface area contributed by atoms with Crippen LogP contribution < -0.4 is 5.73 Å². The Morgan fingerprint density at radius 1 is 1.38 bits per heavy atom. The van der Waals surface area contributed by atoms with Crippen molar-refractivity contribution in [3.63, 3.8) is 0 Å². The van der Waals surface area contributed by atoms with Gasteiger partial charge in [0.25, 0.3) is 0 Å². The predicted octanol–water partition coefficient (Wildman–Crippen LogP) is 2.34. The molecule has 0 bridgehead atoms. The fraction of sp³-hybridized carbons (Fsp3) is 1.00. The van der Waals surface area contributed by atoms with Gasteiger partial charge in [-0.1, -0.05) is 13.8 Å². The Labute approximate surface area is 99.7 Å². The second-order valence-corrected chi connectivity index (χ2v) is 5.54. The first-order valence-corrected chi connectivity index (χ1v) is 6.53. The maximum atomic E-state index is 5.68. The highest BCUT2D eigenvalue weighted by atomic mass is 16.5. The van der Waals surface area contributed by atoms with E-state index in [4.69, 9.17) is 15.2 Å². The summed E-state index contributed by atoms with van der Waals surface area (Å²) in [6.07, 6.45) is 6.23. The standard InChI is InChI=1S/C13H27NO2/c1-13(2,11-14)7-5-8-15-10-12-6-3-4-9-16-12/h12H,3-11,14H2,1-2H3. The van der Waals surface area contributed by atoms with Crippen LogP contribution in [0.15, 0.2) is 0 Å². The average molecular weight is 229 g/mol. The molecule has 1 aliphatic heterocycles. The van der Waals surface area contributed by atoms with E-state index in [1.54, 1.807) is 0 Å². The lowest BCUT2D eigenvalue weighted by Gasteiger charge is -2.24. The van der Waals surface area contributed by atoms with Crippen LogP contribution in [0.2, 0.25) is 0 Å². The van der Waals surface area contributed by atoms with E-state index in [1.165, 1.54) is 12.8 Å². The molecule has 0 amide bonds. The summed E-state index contributed by atoms with van der Waals surface area (Å²) in [6, 6.07) is 0. The van der Waals surface area contributed by atoms with Gasteiger partial charge in [0.2, 0.25) is 0 Å². The Hall–Kier alpha value is -0.120. The molecule has 0 radical (unpaired) electrons. The summed E-state index contributed by atoms with van der Waals surface area (Å²) in [4.78, 5) is 0. The first-order valence-electron chi connectivity index (χ1n) is 6.53. The minimum absolute atomic E-state index is 0.255. The van der Waals surface area contributed by atoms with Gasteiger partial charge in [-0.05, 0) is 44.1 Å².